The van der Waals surface area contributed by atoms with E-state index in [1.807, 2.05) is 0 Å². The molecule has 0 bridgehead atoms. The molecule has 4 aromatic rings. The molecule has 0 aliphatic heterocycles. The molecule has 2 aromatic heterocycles. The molecule has 6 rings (SSSR count). The van der Waals surface area contributed by atoms with Gasteiger partial charge in [0, 0.05) is 34.9 Å². The summed E-state index contributed by atoms with van der Waals surface area (Å²) in [5.74, 6) is -3.89. The molecule has 1 saturated carbocycles. The molecule has 10 nitrogen and oxygen atoms in total. The Bertz CT molecular complexity index is 2530. The minimum atomic E-state index is -3.74. The lowest BCUT2D eigenvalue weighted by Crippen LogP contribution is -2.41. The molecule has 1 fully saturated rings. The highest BCUT2D eigenvalue weighted by molar-refractivity contribution is 7.92. The molecular weight excluding hydrogens is 822 g/mol. The first-order chi connectivity index (χ1) is 27.0. The van der Waals surface area contributed by atoms with Crippen LogP contribution in [-0.4, -0.2) is 71.1 Å². The van der Waals surface area contributed by atoms with Crippen LogP contribution in [0, 0.1) is 40.7 Å². The predicted octanol–water partition coefficient (Wildman–Crippen LogP) is 6.87. The molecular formula is C38H34ClF8N7O3S. The minimum absolute atomic E-state index is 0.0110. The van der Waals surface area contributed by atoms with Crippen molar-refractivity contribution in [1.82, 2.24) is 25.4 Å². The van der Waals surface area contributed by atoms with Gasteiger partial charge in [0.1, 0.15) is 34.3 Å². The van der Waals surface area contributed by atoms with E-state index in [4.69, 9.17) is 22.7 Å². The van der Waals surface area contributed by atoms with E-state index in [1.54, 1.807) is 0 Å². The third-order valence-electron chi connectivity index (χ3n) is 10.0. The number of fused-ring (bicyclic) bond motifs is 2. The van der Waals surface area contributed by atoms with E-state index in [1.165, 1.54) is 38.1 Å². The van der Waals surface area contributed by atoms with Crippen molar-refractivity contribution < 1.29 is 48.3 Å². The van der Waals surface area contributed by atoms with Crippen molar-refractivity contribution in [2.24, 2.45) is 11.8 Å². The molecule has 308 valence electrons. The van der Waals surface area contributed by atoms with Crippen LogP contribution in [0.5, 0.6) is 0 Å². The first-order valence-electron chi connectivity index (χ1n) is 17.4. The second kappa shape index (κ2) is 15.5. The van der Waals surface area contributed by atoms with Gasteiger partial charge in [-0.25, -0.2) is 39.7 Å². The summed E-state index contributed by atoms with van der Waals surface area (Å²) in [6, 6.07) is 6.67. The Labute approximate surface area is 331 Å². The Hall–Kier alpha value is -5.22. The second-order valence-corrected chi connectivity index (χ2v) is 17.4. The van der Waals surface area contributed by atoms with E-state index in [0.29, 0.717) is 6.07 Å². The largest absolute Gasteiger partial charge is 0.382 e. The van der Waals surface area contributed by atoms with Crippen molar-refractivity contribution in [3.05, 3.63) is 87.3 Å². The summed E-state index contributed by atoms with van der Waals surface area (Å²) in [7, 11) is -3.74. The number of hydrogen-bond donors (Lipinski definition) is 4. The highest BCUT2D eigenvalue weighted by Crippen LogP contribution is 2.62. The lowest BCUT2D eigenvalue weighted by atomic mass is 9.93. The van der Waals surface area contributed by atoms with Crippen molar-refractivity contribution in [3.8, 4) is 23.0 Å². The lowest BCUT2D eigenvalue weighted by molar-refractivity contribution is -0.121. The third kappa shape index (κ3) is 8.35. The van der Waals surface area contributed by atoms with Crippen LogP contribution in [0.2, 0.25) is 5.02 Å². The Morgan fingerprint density at radius 1 is 1.10 bits per heavy atom. The number of rotatable bonds is 13. The molecule has 20 heteroatoms. The van der Waals surface area contributed by atoms with E-state index < -0.39 is 105 Å². The number of benzene rings is 2. The standard InChI is InChI=1S/C38H34ClF8N7O3S/c1-37(2,58(3,56)57)9-8-20-4-5-21(22-6-7-25(39)30-33(22)54(16-27(42)43)53-36(30)49)32(51-20)26(12-17-10-18(40)13-19(41)11-17)52-28(55)15-50-34-29(31(48)35(44)45)23-14-24(23)38(34,46)47/h4-7,10-11,13,23-24,26-27,35,48,50H,12,14-16H2,1-3H3,(H2,49,53)(H,52,55)/t23-,24+,26-/m0/s1. The van der Waals surface area contributed by atoms with Crippen molar-refractivity contribution in [1.29, 1.82) is 5.41 Å². The zero-order valence-electron chi connectivity index (χ0n) is 30.7. The maximum atomic E-state index is 15.2. The zero-order valence-corrected chi connectivity index (χ0v) is 32.3. The predicted molar refractivity (Wildman–Crippen MR) is 200 cm³/mol. The first kappa shape index (κ1) is 42.4. The van der Waals surface area contributed by atoms with E-state index in [0.717, 1.165) is 23.1 Å². The molecule has 58 heavy (non-hydrogen) atoms. The number of carbonyl (C=O) groups is 1. The van der Waals surface area contributed by atoms with Gasteiger partial charge in [-0.05, 0) is 74.4 Å². The summed E-state index contributed by atoms with van der Waals surface area (Å²) in [4.78, 5) is 18.3. The van der Waals surface area contributed by atoms with Crippen LogP contribution in [0.1, 0.15) is 43.3 Å². The van der Waals surface area contributed by atoms with Crippen LogP contribution >= 0.6 is 11.6 Å². The van der Waals surface area contributed by atoms with Gasteiger partial charge in [0.15, 0.2) is 15.7 Å². The maximum absolute atomic E-state index is 15.2. The molecule has 2 aliphatic rings. The number of nitrogens with zero attached hydrogens (tertiary/aromatic N) is 3. The number of nitrogens with one attached hydrogen (secondary N) is 3. The Kier molecular flexibility index (Phi) is 11.3. The van der Waals surface area contributed by atoms with Crippen LogP contribution in [0.4, 0.5) is 40.9 Å². The number of hydrogen-bond acceptors (Lipinski definition) is 8. The Balaban J connectivity index is 1.51. The normalized spacial score (nSPS) is 18.0. The van der Waals surface area contributed by atoms with Gasteiger partial charge in [-0.3, -0.25) is 14.9 Å². The highest BCUT2D eigenvalue weighted by atomic mass is 35.5. The average Bonchev–Trinajstić information content (AvgIpc) is 3.80. The van der Waals surface area contributed by atoms with E-state index in [-0.39, 0.29) is 56.2 Å². The van der Waals surface area contributed by atoms with Gasteiger partial charge in [0.2, 0.25) is 5.91 Å². The summed E-state index contributed by atoms with van der Waals surface area (Å²) in [6.45, 7) is 0.812. The topological polar surface area (TPSA) is 156 Å². The van der Waals surface area contributed by atoms with Gasteiger partial charge < -0.3 is 16.4 Å². The number of nitrogens with two attached hydrogens (primary N) is 1. The number of alkyl halides is 6. The van der Waals surface area contributed by atoms with Gasteiger partial charge in [-0.15, -0.1) is 0 Å². The van der Waals surface area contributed by atoms with Crippen molar-refractivity contribution >= 4 is 49.8 Å². The summed E-state index contributed by atoms with van der Waals surface area (Å²) in [5.41, 5.74) is 3.24. The Morgan fingerprint density at radius 2 is 1.76 bits per heavy atom. The van der Waals surface area contributed by atoms with Crippen LogP contribution in [0.25, 0.3) is 22.0 Å². The molecule has 2 aliphatic carbocycles. The molecule has 0 spiro atoms. The van der Waals surface area contributed by atoms with Crippen LogP contribution in [0.15, 0.2) is 53.7 Å². The van der Waals surface area contributed by atoms with Crippen molar-refractivity contribution in [3.63, 3.8) is 0 Å². The molecule has 2 aromatic carbocycles. The minimum Gasteiger partial charge on any atom is -0.382 e. The number of carbonyl (C=O) groups excluding carboxylic acids is 1. The summed E-state index contributed by atoms with van der Waals surface area (Å²) >= 11 is 6.44. The number of sulfone groups is 1. The summed E-state index contributed by atoms with van der Waals surface area (Å²) in [5, 5.41) is 16.8. The van der Waals surface area contributed by atoms with E-state index in [9.17, 15) is 39.6 Å². The fourth-order valence-electron chi connectivity index (χ4n) is 6.86. The van der Waals surface area contributed by atoms with Crippen LogP contribution in [0.3, 0.4) is 0 Å². The molecule has 0 radical (unpaired) electrons. The molecule has 0 unspecified atom stereocenters. The van der Waals surface area contributed by atoms with Gasteiger partial charge in [0.05, 0.1) is 39.9 Å². The summed E-state index contributed by atoms with van der Waals surface area (Å²) < 4.78 is 138. The maximum Gasteiger partial charge on any atom is 0.290 e. The number of aromatic nitrogens is 3. The van der Waals surface area contributed by atoms with Gasteiger partial charge in [0.25, 0.3) is 18.8 Å². The molecule has 1 amide bonds. The smallest absolute Gasteiger partial charge is 0.290 e. The lowest BCUT2D eigenvalue weighted by Gasteiger charge is -2.24. The number of nitrogen functional groups attached to an aromatic ring is 1. The first-order valence-corrected chi connectivity index (χ1v) is 19.7. The molecule has 2 heterocycles. The van der Waals surface area contributed by atoms with E-state index in [2.05, 4.69) is 32.6 Å². The number of pyridine rings is 1. The second-order valence-electron chi connectivity index (χ2n) is 14.5. The van der Waals surface area contributed by atoms with Gasteiger partial charge in [-0.2, -0.15) is 13.9 Å². The quantitative estimate of drug-likeness (QED) is 0.0651. The van der Waals surface area contributed by atoms with Crippen LogP contribution in [-0.2, 0) is 27.6 Å². The number of allylic oxidation sites excluding steroid dienone is 2. The van der Waals surface area contributed by atoms with Gasteiger partial charge >= 0.3 is 0 Å². The van der Waals surface area contributed by atoms with Crippen molar-refractivity contribution in [2.45, 2.75) is 62.8 Å². The SMILES string of the molecule is CC(C)(C#Cc1ccc(-c2ccc(Cl)c3c(N)nn(CC(F)F)c23)c([C@H](Cc2cc(F)cc(F)c2)NC(=O)CNC2=C(C(=N)C(F)F)[C@H]3C[C@H]3C2(F)F)n1)S(C)(=O)=O. The van der Waals surface area contributed by atoms with E-state index >= 15 is 8.78 Å². The van der Waals surface area contributed by atoms with Crippen LogP contribution < -0.4 is 16.4 Å². The molecule has 3 atom stereocenters. The monoisotopic (exact) mass is 855 g/mol. The summed E-state index contributed by atoms with van der Waals surface area (Å²) in [6.07, 6.45) is -5.85. The highest BCUT2D eigenvalue weighted by Gasteiger charge is 2.66. The molecule has 0 saturated heterocycles. The Morgan fingerprint density at radius 3 is 2.38 bits per heavy atom. The number of halogens is 9. The molecule has 5 N–H and O–H groups in total. The zero-order chi connectivity index (χ0) is 42.6. The van der Waals surface area contributed by atoms with Crippen molar-refractivity contribution in [2.75, 3.05) is 18.5 Å². The van der Waals surface area contributed by atoms with Gasteiger partial charge in [-0.1, -0.05) is 23.6 Å². The average molecular weight is 856 g/mol. The number of anilines is 1. The number of amides is 1. The third-order valence-corrected chi connectivity index (χ3v) is 12.3. The fourth-order valence-corrected chi connectivity index (χ4v) is 7.34. The fraction of sp³-hybridized carbons (Fsp3) is 0.368.